The first-order valence-electron chi connectivity index (χ1n) is 13.3. The van der Waals surface area contributed by atoms with Gasteiger partial charge in [0, 0.05) is 11.1 Å². The van der Waals surface area contributed by atoms with Crippen LogP contribution in [-0.2, 0) is 10.1 Å². The molecule has 0 heterocycles. The highest BCUT2D eigenvalue weighted by molar-refractivity contribution is 7.87. The van der Waals surface area contributed by atoms with Crippen molar-refractivity contribution in [3.05, 3.63) is 88.2 Å². The lowest BCUT2D eigenvalue weighted by Crippen LogP contribution is -2.18. The van der Waals surface area contributed by atoms with Gasteiger partial charge >= 0.3 is 10.1 Å². The highest BCUT2D eigenvalue weighted by Crippen LogP contribution is 2.45. The van der Waals surface area contributed by atoms with Gasteiger partial charge in [-0.25, -0.2) is 0 Å². The molecular weight excluding hydrogens is 492 g/mol. The third-order valence-corrected chi connectivity index (χ3v) is 8.75. The van der Waals surface area contributed by atoms with E-state index in [1.165, 1.54) is 6.26 Å². The summed E-state index contributed by atoms with van der Waals surface area (Å²) in [5.74, 6) is 1.18. The van der Waals surface area contributed by atoms with E-state index in [1.54, 1.807) is 6.07 Å². The normalized spacial score (nSPS) is 11.9. The molecular formula is C33H42O4S. The highest BCUT2D eigenvalue weighted by atomic mass is 32.2. The molecule has 4 nitrogen and oxygen atoms in total. The average molecular weight is 535 g/mol. The second-order valence-electron chi connectivity index (χ2n) is 11.1. The molecule has 0 bridgehead atoms. The SMILES string of the molecule is C=COc1ccc(C)c(C)c1-c1c(OS(=O)(=O)c2c(C(C)C)cc(C(C)C)cc2C(C)C)ccc(C)c1C. The van der Waals surface area contributed by atoms with Crippen LogP contribution in [0.4, 0.5) is 0 Å². The van der Waals surface area contributed by atoms with E-state index in [0.717, 1.165) is 44.5 Å². The molecule has 0 fully saturated rings. The van der Waals surface area contributed by atoms with Crippen molar-refractivity contribution >= 4 is 10.1 Å². The molecule has 0 unspecified atom stereocenters. The van der Waals surface area contributed by atoms with Crippen molar-refractivity contribution in [2.24, 2.45) is 0 Å². The lowest BCUT2D eigenvalue weighted by molar-refractivity contribution is 0.478. The van der Waals surface area contributed by atoms with Crippen LogP contribution in [0, 0.1) is 27.7 Å². The Hall–Kier alpha value is -3.05. The van der Waals surface area contributed by atoms with E-state index in [1.807, 2.05) is 85.7 Å². The summed E-state index contributed by atoms with van der Waals surface area (Å²) in [7, 11) is -4.18. The third kappa shape index (κ3) is 5.68. The van der Waals surface area contributed by atoms with Gasteiger partial charge < -0.3 is 8.92 Å². The van der Waals surface area contributed by atoms with Crippen LogP contribution in [0.5, 0.6) is 11.5 Å². The van der Waals surface area contributed by atoms with E-state index < -0.39 is 10.1 Å². The van der Waals surface area contributed by atoms with Crippen molar-refractivity contribution in [2.75, 3.05) is 0 Å². The molecule has 0 saturated heterocycles. The zero-order valence-corrected chi connectivity index (χ0v) is 25.3. The molecule has 0 aliphatic rings. The molecule has 0 radical (unpaired) electrons. The summed E-state index contributed by atoms with van der Waals surface area (Å²) in [5.41, 5.74) is 8.24. The van der Waals surface area contributed by atoms with Crippen molar-refractivity contribution in [1.82, 2.24) is 0 Å². The summed E-state index contributed by atoms with van der Waals surface area (Å²) in [6.07, 6.45) is 1.39. The molecule has 0 spiro atoms. The van der Waals surface area contributed by atoms with Gasteiger partial charge in [-0.15, -0.1) is 0 Å². The Kier molecular flexibility index (Phi) is 8.82. The smallest absolute Gasteiger partial charge is 0.339 e. The van der Waals surface area contributed by atoms with Crippen molar-refractivity contribution in [2.45, 2.75) is 91.9 Å². The summed E-state index contributed by atoms with van der Waals surface area (Å²) in [4.78, 5) is 0.277. The molecule has 0 aliphatic heterocycles. The summed E-state index contributed by atoms with van der Waals surface area (Å²) >= 11 is 0. The molecule has 3 rings (SSSR count). The highest BCUT2D eigenvalue weighted by Gasteiger charge is 2.30. The van der Waals surface area contributed by atoms with Crippen LogP contribution in [-0.4, -0.2) is 8.42 Å². The molecule has 0 aromatic heterocycles. The van der Waals surface area contributed by atoms with Gasteiger partial charge in [-0.3, -0.25) is 0 Å². The number of ether oxygens (including phenoxy) is 1. The van der Waals surface area contributed by atoms with Crippen LogP contribution in [0.1, 0.15) is 98.2 Å². The number of benzene rings is 3. The fourth-order valence-corrected chi connectivity index (χ4v) is 6.42. The van der Waals surface area contributed by atoms with Crippen molar-refractivity contribution in [1.29, 1.82) is 0 Å². The Morgan fingerprint density at radius 2 is 1.16 bits per heavy atom. The van der Waals surface area contributed by atoms with Gasteiger partial charge in [0.05, 0.1) is 6.26 Å². The van der Waals surface area contributed by atoms with Gasteiger partial charge in [0.15, 0.2) is 5.75 Å². The molecule has 0 atom stereocenters. The minimum atomic E-state index is -4.18. The zero-order chi connectivity index (χ0) is 28.5. The quantitative estimate of drug-likeness (QED) is 0.203. The third-order valence-electron chi connectivity index (χ3n) is 7.38. The molecule has 0 saturated carbocycles. The van der Waals surface area contributed by atoms with Gasteiger partial charge in [-0.05, 0) is 96.5 Å². The first-order chi connectivity index (χ1) is 17.7. The summed E-state index contributed by atoms with van der Waals surface area (Å²) in [6, 6.07) is 11.6. The number of hydrogen-bond donors (Lipinski definition) is 0. The Bertz CT molecular complexity index is 1430. The summed E-state index contributed by atoms with van der Waals surface area (Å²) in [5, 5.41) is 0. The maximum absolute atomic E-state index is 14.2. The second-order valence-corrected chi connectivity index (χ2v) is 12.6. The molecule has 3 aromatic rings. The van der Waals surface area contributed by atoms with Crippen molar-refractivity contribution < 1.29 is 17.3 Å². The van der Waals surface area contributed by atoms with Crippen LogP contribution in [0.25, 0.3) is 11.1 Å². The Morgan fingerprint density at radius 3 is 1.58 bits per heavy atom. The van der Waals surface area contributed by atoms with Gasteiger partial charge in [0.1, 0.15) is 10.6 Å². The van der Waals surface area contributed by atoms with Gasteiger partial charge in [-0.1, -0.05) is 72.4 Å². The largest absolute Gasteiger partial charge is 0.465 e. The van der Waals surface area contributed by atoms with E-state index in [0.29, 0.717) is 11.3 Å². The van der Waals surface area contributed by atoms with E-state index >= 15 is 0 Å². The fourth-order valence-electron chi connectivity index (χ4n) is 4.80. The molecule has 0 amide bonds. The van der Waals surface area contributed by atoms with E-state index in [2.05, 4.69) is 20.4 Å². The monoisotopic (exact) mass is 534 g/mol. The second kappa shape index (κ2) is 11.4. The molecule has 38 heavy (non-hydrogen) atoms. The maximum atomic E-state index is 14.2. The van der Waals surface area contributed by atoms with Crippen LogP contribution in [0.2, 0.25) is 0 Å². The van der Waals surface area contributed by atoms with Crippen molar-refractivity contribution in [3.8, 4) is 22.6 Å². The van der Waals surface area contributed by atoms with Crippen molar-refractivity contribution in [3.63, 3.8) is 0 Å². The van der Waals surface area contributed by atoms with Crippen LogP contribution >= 0.6 is 0 Å². The first kappa shape index (κ1) is 29.5. The molecule has 0 aliphatic carbocycles. The Morgan fingerprint density at radius 1 is 0.711 bits per heavy atom. The maximum Gasteiger partial charge on any atom is 0.339 e. The van der Waals surface area contributed by atoms with Crippen LogP contribution in [0.3, 0.4) is 0 Å². The number of rotatable bonds is 9. The molecule has 0 N–H and O–H groups in total. The van der Waals surface area contributed by atoms with E-state index in [9.17, 15) is 8.42 Å². The number of aryl methyl sites for hydroxylation is 2. The molecule has 204 valence electrons. The number of hydrogen-bond acceptors (Lipinski definition) is 4. The van der Waals surface area contributed by atoms with Crippen LogP contribution in [0.15, 0.2) is 54.1 Å². The average Bonchev–Trinajstić information content (AvgIpc) is 2.84. The minimum Gasteiger partial charge on any atom is -0.465 e. The fraction of sp³-hybridized carbons (Fsp3) is 0.394. The van der Waals surface area contributed by atoms with E-state index in [-0.39, 0.29) is 28.4 Å². The standard InChI is InChI=1S/C33H42O4S/c1-12-36-29-15-13-22(8)24(10)31(29)32-25(11)23(9)14-16-30(32)37-38(34,35)33-27(20(4)5)17-26(19(2)3)18-28(33)21(6)7/h12-21H,1H2,2-11H3. The van der Waals surface area contributed by atoms with Gasteiger partial charge in [-0.2, -0.15) is 8.42 Å². The summed E-state index contributed by atoms with van der Waals surface area (Å²) < 4.78 is 40.3. The Balaban J connectivity index is 2.34. The van der Waals surface area contributed by atoms with Crippen LogP contribution < -0.4 is 8.92 Å². The lowest BCUT2D eigenvalue weighted by atomic mass is 9.89. The predicted molar refractivity (Wildman–Crippen MR) is 158 cm³/mol. The molecule has 5 heteroatoms. The van der Waals surface area contributed by atoms with E-state index in [4.69, 9.17) is 8.92 Å². The lowest BCUT2D eigenvalue weighted by Gasteiger charge is -2.24. The Labute approximate surface area is 229 Å². The minimum absolute atomic E-state index is 0.00501. The predicted octanol–water partition coefficient (Wildman–Crippen LogP) is 9.25. The summed E-state index contributed by atoms with van der Waals surface area (Å²) in [6.45, 7) is 24.1. The first-order valence-corrected chi connectivity index (χ1v) is 14.7. The van der Waals surface area contributed by atoms with Gasteiger partial charge in [0.25, 0.3) is 0 Å². The zero-order valence-electron chi connectivity index (χ0n) is 24.5. The topological polar surface area (TPSA) is 52.6 Å². The van der Waals surface area contributed by atoms with Gasteiger partial charge in [0.2, 0.25) is 0 Å². The molecule has 3 aromatic carbocycles.